The summed E-state index contributed by atoms with van der Waals surface area (Å²) in [5.74, 6) is 0.0400. The lowest BCUT2D eigenvalue weighted by molar-refractivity contribution is -0.682. The molecule has 0 atom stereocenters. The van der Waals surface area contributed by atoms with Crippen molar-refractivity contribution in [3.05, 3.63) is 64.4 Å². The van der Waals surface area contributed by atoms with Crippen LogP contribution in [0.2, 0.25) is 0 Å². The molecule has 0 aliphatic heterocycles. The summed E-state index contributed by atoms with van der Waals surface area (Å²) in [4.78, 5) is 16.4. The predicted octanol–water partition coefficient (Wildman–Crippen LogP) is -0.00610. The van der Waals surface area contributed by atoms with Gasteiger partial charge >= 0.3 is 0 Å². The molecular formula is C16H16Br2N2O2. The lowest BCUT2D eigenvalue weighted by Crippen LogP contribution is -3.00. The number of halogens is 2. The first-order valence-corrected chi connectivity index (χ1v) is 7.25. The van der Waals surface area contributed by atoms with E-state index in [9.17, 15) is 4.79 Å². The Balaban J connectivity index is 0.00000242. The van der Waals surface area contributed by atoms with E-state index in [1.165, 1.54) is 7.11 Å². The van der Waals surface area contributed by atoms with Crippen LogP contribution in [-0.4, -0.2) is 18.6 Å². The first-order chi connectivity index (χ1) is 10.1. The number of Topliss-reactive ketones (excluding diaryl/α,β-unsaturated/α-hetero) is 1. The molecule has 0 bridgehead atoms. The highest BCUT2D eigenvalue weighted by Crippen LogP contribution is 2.11. The summed E-state index contributed by atoms with van der Waals surface area (Å²) in [6.45, 7) is 2.08. The van der Waals surface area contributed by atoms with Gasteiger partial charge in [-0.3, -0.25) is 4.79 Å². The number of oxime groups is 1. The van der Waals surface area contributed by atoms with Crippen LogP contribution in [0.3, 0.4) is 0 Å². The quantitative estimate of drug-likeness (QED) is 0.291. The number of rotatable bonds is 5. The zero-order valence-corrected chi connectivity index (χ0v) is 15.5. The third-order valence-electron chi connectivity index (χ3n) is 2.98. The van der Waals surface area contributed by atoms with Gasteiger partial charge < -0.3 is 21.8 Å². The van der Waals surface area contributed by atoms with E-state index < -0.39 is 0 Å². The molecule has 4 nitrogen and oxygen atoms in total. The molecule has 0 radical (unpaired) electrons. The van der Waals surface area contributed by atoms with Crippen LogP contribution >= 0.6 is 15.9 Å². The van der Waals surface area contributed by atoms with Crippen LogP contribution in [0.15, 0.2) is 58.4 Å². The van der Waals surface area contributed by atoms with Crippen LogP contribution in [0.1, 0.15) is 22.8 Å². The maximum Gasteiger partial charge on any atom is 0.194 e. The number of nitrogens with zero attached hydrogens (tertiary/aromatic N) is 2. The van der Waals surface area contributed by atoms with Gasteiger partial charge in [-0.25, -0.2) is 0 Å². The summed E-state index contributed by atoms with van der Waals surface area (Å²) in [6, 6.07) is 11.5. The minimum atomic E-state index is 0. The number of carbonyl (C=O) groups is 1. The summed E-state index contributed by atoms with van der Waals surface area (Å²) >= 11 is 3.41. The number of carbonyl (C=O) groups excluding carboxylic acids is 1. The average molecular weight is 428 g/mol. The highest BCUT2D eigenvalue weighted by molar-refractivity contribution is 9.10. The van der Waals surface area contributed by atoms with Crippen LogP contribution in [0.4, 0.5) is 0 Å². The molecule has 0 saturated heterocycles. The normalized spacial score (nSPS) is 10.8. The molecule has 1 aromatic carbocycles. The third-order valence-corrected chi connectivity index (χ3v) is 3.50. The van der Waals surface area contributed by atoms with Crippen LogP contribution < -0.4 is 21.5 Å². The number of ketones is 1. The number of hydrogen-bond donors (Lipinski definition) is 0. The number of pyridine rings is 1. The minimum Gasteiger partial charge on any atom is -1.00 e. The Bertz CT molecular complexity index is 670. The Morgan fingerprint density at radius 3 is 2.50 bits per heavy atom. The summed E-state index contributed by atoms with van der Waals surface area (Å²) < 4.78 is 2.92. The molecular weight excluding hydrogens is 412 g/mol. The maximum absolute atomic E-state index is 11.4. The van der Waals surface area contributed by atoms with E-state index in [0.717, 1.165) is 15.7 Å². The van der Waals surface area contributed by atoms with Gasteiger partial charge in [-0.1, -0.05) is 33.2 Å². The predicted molar refractivity (Wildman–Crippen MR) is 84.3 cm³/mol. The molecule has 2 aromatic rings. The van der Waals surface area contributed by atoms with Gasteiger partial charge in [-0.15, -0.1) is 0 Å². The molecule has 22 heavy (non-hydrogen) atoms. The largest absolute Gasteiger partial charge is 1.00 e. The molecule has 6 heteroatoms. The van der Waals surface area contributed by atoms with Gasteiger partial charge in [0.25, 0.3) is 0 Å². The van der Waals surface area contributed by atoms with Crippen LogP contribution in [0.5, 0.6) is 0 Å². The molecule has 1 aromatic heterocycles. The van der Waals surface area contributed by atoms with Crippen LogP contribution in [0.25, 0.3) is 0 Å². The highest BCUT2D eigenvalue weighted by Gasteiger charge is 2.13. The topological polar surface area (TPSA) is 42.5 Å². The second kappa shape index (κ2) is 8.80. The smallest absolute Gasteiger partial charge is 0.194 e. The minimum absolute atomic E-state index is 0. The van der Waals surface area contributed by atoms with Crippen LogP contribution in [0, 0.1) is 0 Å². The van der Waals surface area contributed by atoms with Gasteiger partial charge in [-0.2, -0.15) is 4.57 Å². The number of benzene rings is 1. The lowest BCUT2D eigenvalue weighted by atomic mass is 10.1. The molecule has 0 unspecified atom stereocenters. The molecule has 0 aliphatic rings. The average Bonchev–Trinajstić information content (AvgIpc) is 2.48. The summed E-state index contributed by atoms with van der Waals surface area (Å²) in [7, 11) is 1.52. The van der Waals surface area contributed by atoms with Gasteiger partial charge in [0, 0.05) is 16.1 Å². The Morgan fingerprint density at radius 2 is 1.91 bits per heavy atom. The molecule has 0 N–H and O–H groups in total. The molecule has 0 fully saturated rings. The van der Waals surface area contributed by atoms with E-state index in [2.05, 4.69) is 21.1 Å². The van der Waals surface area contributed by atoms with E-state index in [1.54, 1.807) is 13.0 Å². The number of hydrogen-bond acceptors (Lipinski definition) is 3. The van der Waals surface area contributed by atoms with Crippen LogP contribution in [-0.2, 0) is 11.4 Å². The lowest BCUT2D eigenvalue weighted by Gasteiger charge is -2.04. The molecule has 0 saturated carbocycles. The monoisotopic (exact) mass is 426 g/mol. The molecule has 1 heterocycles. The fraction of sp³-hybridized carbons (Fsp3) is 0.188. The SMILES string of the molecule is CO/N=C(/C[n+]1cccc(C(C)=O)c1)c1ccc(Br)cc1.[Br-]. The van der Waals surface area contributed by atoms with Gasteiger partial charge in [0.05, 0.1) is 5.56 Å². The Morgan fingerprint density at radius 1 is 1.23 bits per heavy atom. The van der Waals surface area contributed by atoms with E-state index in [4.69, 9.17) is 4.84 Å². The van der Waals surface area contributed by atoms with Crippen molar-refractivity contribution in [2.45, 2.75) is 13.5 Å². The number of aromatic nitrogens is 1. The van der Waals surface area contributed by atoms with Crippen molar-refractivity contribution in [2.75, 3.05) is 7.11 Å². The van der Waals surface area contributed by atoms with Gasteiger partial charge in [0.2, 0.25) is 0 Å². The molecule has 0 spiro atoms. The summed E-state index contributed by atoms with van der Waals surface area (Å²) in [5, 5.41) is 4.09. The van der Waals surface area contributed by atoms with Gasteiger partial charge in [0.15, 0.2) is 30.4 Å². The molecule has 0 aliphatic carbocycles. The third kappa shape index (κ3) is 5.03. The van der Waals surface area contributed by atoms with Crippen molar-refractivity contribution < 1.29 is 31.2 Å². The summed E-state index contributed by atoms with van der Waals surface area (Å²) in [5.41, 5.74) is 2.43. The van der Waals surface area contributed by atoms with E-state index in [1.807, 2.05) is 47.3 Å². The second-order valence-electron chi connectivity index (χ2n) is 4.55. The van der Waals surface area contributed by atoms with E-state index >= 15 is 0 Å². The van der Waals surface area contributed by atoms with Crippen molar-refractivity contribution >= 4 is 27.4 Å². The van der Waals surface area contributed by atoms with Crippen molar-refractivity contribution in [3.8, 4) is 0 Å². The highest BCUT2D eigenvalue weighted by atomic mass is 79.9. The van der Waals surface area contributed by atoms with Crippen molar-refractivity contribution in [2.24, 2.45) is 5.16 Å². The Hall–Kier alpha value is -1.53. The Labute approximate surface area is 148 Å². The fourth-order valence-electron chi connectivity index (χ4n) is 1.93. The standard InChI is InChI=1S/C16H16BrN2O2.BrH/c1-12(20)14-4-3-9-19(10-14)11-16(18-21-2)13-5-7-15(17)8-6-13;/h3-10H,11H2,1-2H3;1H/q+1;/p-1/b18-16-;. The fourth-order valence-corrected chi connectivity index (χ4v) is 2.19. The van der Waals surface area contributed by atoms with E-state index in [0.29, 0.717) is 12.1 Å². The molecule has 2 rings (SSSR count). The van der Waals surface area contributed by atoms with Gasteiger partial charge in [-0.05, 0) is 25.1 Å². The Kier molecular flexibility index (Phi) is 7.41. The van der Waals surface area contributed by atoms with Crippen molar-refractivity contribution in [1.29, 1.82) is 0 Å². The second-order valence-corrected chi connectivity index (χ2v) is 5.46. The zero-order chi connectivity index (χ0) is 15.2. The maximum atomic E-state index is 11.4. The van der Waals surface area contributed by atoms with Crippen molar-refractivity contribution in [3.63, 3.8) is 0 Å². The van der Waals surface area contributed by atoms with E-state index in [-0.39, 0.29) is 22.8 Å². The first-order valence-electron chi connectivity index (χ1n) is 6.46. The van der Waals surface area contributed by atoms with Gasteiger partial charge in [0.1, 0.15) is 7.11 Å². The zero-order valence-electron chi connectivity index (χ0n) is 12.3. The first kappa shape index (κ1) is 18.5. The molecule has 0 amide bonds. The molecule has 116 valence electrons. The summed E-state index contributed by atoms with van der Waals surface area (Å²) in [6.07, 6.45) is 3.71. The van der Waals surface area contributed by atoms with Crippen molar-refractivity contribution in [1.82, 2.24) is 0 Å².